The fourth-order valence-electron chi connectivity index (χ4n) is 5.17. The van der Waals surface area contributed by atoms with Gasteiger partial charge >= 0.3 is 5.97 Å². The highest BCUT2D eigenvalue weighted by Crippen LogP contribution is 2.59. The SMILES string of the molecule is CCCCC(=O)OC1OC2OC3(C)CCC4CCCC(C1C)C42OO3. The molecule has 142 valence electrons. The molecule has 0 aromatic rings. The summed E-state index contributed by atoms with van der Waals surface area (Å²) in [5.74, 6) is -0.352. The van der Waals surface area contributed by atoms with Gasteiger partial charge in [0.25, 0.3) is 0 Å². The largest absolute Gasteiger partial charge is 0.435 e. The Kier molecular flexibility index (Phi) is 4.59. The molecule has 4 aliphatic heterocycles. The van der Waals surface area contributed by atoms with Gasteiger partial charge in [-0.25, -0.2) is 9.78 Å². The maximum absolute atomic E-state index is 12.1. The summed E-state index contributed by atoms with van der Waals surface area (Å²) in [6.45, 7) is 6.06. The van der Waals surface area contributed by atoms with E-state index in [1.807, 2.05) is 6.92 Å². The average Bonchev–Trinajstić information content (AvgIpc) is 2.82. The van der Waals surface area contributed by atoms with E-state index in [2.05, 4.69) is 13.8 Å². The first-order chi connectivity index (χ1) is 12.0. The van der Waals surface area contributed by atoms with Crippen LogP contribution in [0.1, 0.15) is 72.1 Å². The molecule has 7 unspecified atom stereocenters. The fraction of sp³-hybridized carbons (Fsp3) is 0.947. The molecule has 5 rings (SSSR count). The van der Waals surface area contributed by atoms with Crippen LogP contribution in [-0.4, -0.2) is 29.9 Å². The summed E-state index contributed by atoms with van der Waals surface area (Å²) in [6.07, 6.45) is 6.22. The lowest BCUT2D eigenvalue weighted by Crippen LogP contribution is -2.69. The number of carbonyl (C=O) groups is 1. The number of ether oxygens (including phenoxy) is 3. The summed E-state index contributed by atoms with van der Waals surface area (Å²) in [7, 11) is 0. The Labute approximate surface area is 149 Å². The van der Waals surface area contributed by atoms with Gasteiger partial charge in [-0.15, -0.1) is 0 Å². The minimum atomic E-state index is -0.783. The van der Waals surface area contributed by atoms with Crippen LogP contribution in [0.15, 0.2) is 0 Å². The Bertz CT molecular complexity index is 524. The molecule has 6 heteroatoms. The van der Waals surface area contributed by atoms with Crippen molar-refractivity contribution in [3.63, 3.8) is 0 Å². The number of unbranched alkanes of at least 4 members (excludes halogenated alkanes) is 1. The van der Waals surface area contributed by atoms with Gasteiger partial charge in [-0.1, -0.05) is 26.7 Å². The molecular formula is C19H30O6. The van der Waals surface area contributed by atoms with E-state index >= 15 is 0 Å². The molecule has 0 radical (unpaired) electrons. The van der Waals surface area contributed by atoms with E-state index < -0.39 is 24.0 Å². The molecule has 1 saturated carbocycles. The molecule has 5 fully saturated rings. The minimum Gasteiger partial charge on any atom is -0.435 e. The average molecular weight is 354 g/mol. The minimum absolute atomic E-state index is 0.0549. The zero-order chi connectivity index (χ0) is 17.7. The second-order valence-electron chi connectivity index (χ2n) is 8.33. The van der Waals surface area contributed by atoms with E-state index in [0.29, 0.717) is 12.3 Å². The standard InChI is InChI=1S/C19H30O6/c1-4-5-9-15(20)21-16-12(2)14-8-6-7-13-10-11-18(3)23-17(22-16)19(13,14)25-24-18/h12-14,16-17H,4-11H2,1-3H3. The molecular weight excluding hydrogens is 324 g/mol. The monoisotopic (exact) mass is 354 g/mol. The van der Waals surface area contributed by atoms with Gasteiger partial charge in [0.15, 0.2) is 11.9 Å². The van der Waals surface area contributed by atoms with E-state index in [-0.39, 0.29) is 17.8 Å². The summed E-state index contributed by atoms with van der Waals surface area (Å²) in [5.41, 5.74) is -0.569. The zero-order valence-corrected chi connectivity index (χ0v) is 15.5. The summed E-state index contributed by atoms with van der Waals surface area (Å²) < 4.78 is 18.1. The van der Waals surface area contributed by atoms with Crippen LogP contribution in [0.2, 0.25) is 0 Å². The van der Waals surface area contributed by atoms with Crippen LogP contribution in [-0.2, 0) is 28.8 Å². The molecule has 4 heterocycles. The molecule has 6 nitrogen and oxygen atoms in total. The van der Waals surface area contributed by atoms with E-state index in [1.165, 1.54) is 0 Å². The van der Waals surface area contributed by atoms with E-state index in [9.17, 15) is 4.79 Å². The van der Waals surface area contributed by atoms with Gasteiger partial charge in [-0.3, -0.25) is 4.79 Å². The van der Waals surface area contributed by atoms with Crippen LogP contribution in [0, 0.1) is 17.8 Å². The molecule has 0 amide bonds. The molecule has 5 aliphatic rings. The van der Waals surface area contributed by atoms with Gasteiger partial charge in [-0.2, -0.15) is 0 Å². The lowest BCUT2D eigenvalue weighted by Gasteiger charge is -2.58. The molecule has 2 bridgehead atoms. The third-order valence-electron chi connectivity index (χ3n) is 6.62. The molecule has 25 heavy (non-hydrogen) atoms. The zero-order valence-electron chi connectivity index (χ0n) is 15.5. The molecule has 1 aliphatic carbocycles. The summed E-state index contributed by atoms with van der Waals surface area (Å²) in [4.78, 5) is 23.9. The number of hydrogen-bond acceptors (Lipinski definition) is 6. The molecule has 1 spiro atoms. The lowest BCUT2D eigenvalue weighted by atomic mass is 9.61. The van der Waals surface area contributed by atoms with Crippen molar-refractivity contribution < 1.29 is 28.8 Å². The van der Waals surface area contributed by atoms with Crippen molar-refractivity contribution in [1.82, 2.24) is 0 Å². The van der Waals surface area contributed by atoms with Gasteiger partial charge in [-0.05, 0) is 38.5 Å². The van der Waals surface area contributed by atoms with Crippen LogP contribution >= 0.6 is 0 Å². The van der Waals surface area contributed by atoms with E-state index in [4.69, 9.17) is 24.0 Å². The highest BCUT2D eigenvalue weighted by atomic mass is 17.3. The molecule has 4 saturated heterocycles. The first kappa shape index (κ1) is 17.7. The number of carbonyl (C=O) groups excluding carboxylic acids is 1. The van der Waals surface area contributed by atoms with Crippen molar-refractivity contribution in [3.05, 3.63) is 0 Å². The lowest BCUT2D eigenvalue weighted by molar-refractivity contribution is -0.575. The van der Waals surface area contributed by atoms with E-state index in [0.717, 1.165) is 44.9 Å². The maximum Gasteiger partial charge on any atom is 0.308 e. The number of esters is 1. The molecule has 0 aromatic heterocycles. The first-order valence-electron chi connectivity index (χ1n) is 9.88. The predicted molar refractivity (Wildman–Crippen MR) is 87.9 cm³/mol. The van der Waals surface area contributed by atoms with Crippen LogP contribution in [0.3, 0.4) is 0 Å². The van der Waals surface area contributed by atoms with E-state index in [1.54, 1.807) is 0 Å². The van der Waals surface area contributed by atoms with Crippen molar-refractivity contribution in [3.8, 4) is 0 Å². The summed E-state index contributed by atoms with van der Waals surface area (Å²) in [6, 6.07) is 0. The van der Waals surface area contributed by atoms with Gasteiger partial charge in [0.05, 0.1) is 0 Å². The van der Waals surface area contributed by atoms with Crippen LogP contribution < -0.4 is 0 Å². The van der Waals surface area contributed by atoms with Gasteiger partial charge in [0, 0.05) is 24.7 Å². The van der Waals surface area contributed by atoms with Gasteiger partial charge in [0.2, 0.25) is 12.1 Å². The van der Waals surface area contributed by atoms with Crippen molar-refractivity contribution in [2.45, 2.75) is 96.1 Å². The quantitative estimate of drug-likeness (QED) is 0.567. The maximum atomic E-state index is 12.1. The second-order valence-corrected chi connectivity index (χ2v) is 8.33. The summed E-state index contributed by atoms with van der Waals surface area (Å²) >= 11 is 0. The highest BCUT2D eigenvalue weighted by Gasteiger charge is 2.68. The van der Waals surface area contributed by atoms with Crippen LogP contribution in [0.4, 0.5) is 0 Å². The van der Waals surface area contributed by atoms with Crippen LogP contribution in [0.5, 0.6) is 0 Å². The van der Waals surface area contributed by atoms with Crippen molar-refractivity contribution in [2.75, 3.05) is 0 Å². The van der Waals surface area contributed by atoms with Crippen molar-refractivity contribution in [1.29, 1.82) is 0 Å². The van der Waals surface area contributed by atoms with Crippen molar-refractivity contribution in [2.24, 2.45) is 17.8 Å². The Balaban J connectivity index is 1.58. The summed E-state index contributed by atoms with van der Waals surface area (Å²) in [5, 5.41) is 0. The van der Waals surface area contributed by atoms with Crippen molar-refractivity contribution >= 4 is 5.97 Å². The van der Waals surface area contributed by atoms with Crippen LogP contribution in [0.25, 0.3) is 0 Å². The fourth-order valence-corrected chi connectivity index (χ4v) is 5.17. The molecule has 0 N–H and O–H groups in total. The second kappa shape index (κ2) is 6.48. The number of hydrogen-bond donors (Lipinski definition) is 0. The third-order valence-corrected chi connectivity index (χ3v) is 6.62. The Hall–Kier alpha value is -0.690. The third kappa shape index (κ3) is 2.82. The Morgan fingerprint density at radius 3 is 2.88 bits per heavy atom. The molecule has 0 aromatic carbocycles. The van der Waals surface area contributed by atoms with Gasteiger partial charge in [0.1, 0.15) is 0 Å². The number of rotatable bonds is 4. The van der Waals surface area contributed by atoms with Gasteiger partial charge < -0.3 is 14.2 Å². The predicted octanol–water partition coefficient (Wildman–Crippen LogP) is 3.68. The smallest absolute Gasteiger partial charge is 0.308 e. The molecule has 7 atom stereocenters. The first-order valence-corrected chi connectivity index (χ1v) is 9.88. The normalized spacial score (nSPS) is 48.5. The number of fused-ring (bicyclic) bond motifs is 2. The topological polar surface area (TPSA) is 63.2 Å². The Morgan fingerprint density at radius 2 is 2.08 bits per heavy atom. The highest BCUT2D eigenvalue weighted by molar-refractivity contribution is 5.69. The Morgan fingerprint density at radius 1 is 1.24 bits per heavy atom.